The van der Waals surface area contributed by atoms with Crippen molar-refractivity contribution in [3.8, 4) is 0 Å². The number of anilines is 2. The third kappa shape index (κ3) is 4.59. The van der Waals surface area contributed by atoms with E-state index in [4.69, 9.17) is 16.7 Å². The summed E-state index contributed by atoms with van der Waals surface area (Å²) in [4.78, 5) is 11.8. The van der Waals surface area contributed by atoms with Crippen LogP contribution in [0.5, 0.6) is 0 Å². The van der Waals surface area contributed by atoms with E-state index in [0.717, 1.165) is 0 Å². The molecule has 0 spiro atoms. The number of rotatable bonds is 3. The van der Waals surface area contributed by atoms with Crippen LogP contribution < -0.4 is 10.6 Å². The lowest BCUT2D eigenvalue weighted by molar-refractivity contribution is 0.223. The van der Waals surface area contributed by atoms with Crippen LogP contribution in [0.25, 0.3) is 0 Å². The van der Waals surface area contributed by atoms with Crippen molar-refractivity contribution >= 4 is 23.5 Å². The van der Waals surface area contributed by atoms with Gasteiger partial charge in [0.2, 0.25) is 17.2 Å². The van der Waals surface area contributed by atoms with E-state index >= 15 is 0 Å². The van der Waals surface area contributed by atoms with E-state index in [-0.39, 0.29) is 16.8 Å². The van der Waals surface area contributed by atoms with Gasteiger partial charge in [0.05, 0.1) is 0 Å². The minimum atomic E-state index is -0.749. The molecule has 3 N–H and O–H groups in total. The monoisotopic (exact) mass is 245 g/mol. The zero-order valence-corrected chi connectivity index (χ0v) is 10.5. The molecule has 1 heterocycles. The fraction of sp³-hybridized carbons (Fsp3) is 0.667. The Morgan fingerprint density at radius 3 is 2.25 bits per heavy atom. The fourth-order valence-corrected chi connectivity index (χ4v) is 1.15. The van der Waals surface area contributed by atoms with Gasteiger partial charge in [0, 0.05) is 5.54 Å². The van der Waals surface area contributed by atoms with Crippen LogP contribution in [0.2, 0.25) is 5.28 Å². The van der Waals surface area contributed by atoms with Crippen molar-refractivity contribution in [2.45, 2.75) is 39.5 Å². The van der Waals surface area contributed by atoms with Crippen molar-refractivity contribution in [1.29, 1.82) is 0 Å². The number of hydrogen-bond acceptors (Lipinski definition) is 6. The molecular weight excluding hydrogens is 230 g/mol. The van der Waals surface area contributed by atoms with Gasteiger partial charge in [-0.05, 0) is 39.3 Å². The summed E-state index contributed by atoms with van der Waals surface area (Å²) in [5.41, 5.74) is -0.174. The first-order valence-corrected chi connectivity index (χ1v) is 5.28. The van der Waals surface area contributed by atoms with Crippen molar-refractivity contribution in [3.05, 3.63) is 5.28 Å². The molecule has 0 amide bonds. The zero-order chi connectivity index (χ0) is 12.3. The molecule has 0 saturated heterocycles. The number of aliphatic hydroxyl groups excluding tert-OH is 1. The molecule has 1 rings (SSSR count). The Balaban J connectivity index is 2.90. The van der Waals surface area contributed by atoms with Gasteiger partial charge < -0.3 is 15.7 Å². The largest absolute Gasteiger partial charge is 0.374 e. The van der Waals surface area contributed by atoms with Crippen molar-refractivity contribution in [3.63, 3.8) is 0 Å². The fourth-order valence-electron chi connectivity index (χ4n) is 0.993. The van der Waals surface area contributed by atoms with E-state index in [0.29, 0.717) is 5.95 Å². The molecule has 0 fully saturated rings. The van der Waals surface area contributed by atoms with Crippen molar-refractivity contribution < 1.29 is 5.11 Å². The van der Waals surface area contributed by atoms with Crippen LogP contribution >= 0.6 is 11.6 Å². The van der Waals surface area contributed by atoms with Crippen LogP contribution in [0.4, 0.5) is 11.9 Å². The first-order valence-electron chi connectivity index (χ1n) is 4.90. The third-order valence-corrected chi connectivity index (χ3v) is 1.60. The van der Waals surface area contributed by atoms with Crippen LogP contribution in [-0.4, -0.2) is 31.8 Å². The van der Waals surface area contributed by atoms with Crippen LogP contribution in [0, 0.1) is 0 Å². The summed E-state index contributed by atoms with van der Waals surface area (Å²) in [7, 11) is 0. The highest BCUT2D eigenvalue weighted by atomic mass is 35.5. The topological polar surface area (TPSA) is 83.0 Å². The van der Waals surface area contributed by atoms with Crippen molar-refractivity contribution in [1.82, 2.24) is 15.0 Å². The first kappa shape index (κ1) is 12.9. The van der Waals surface area contributed by atoms with E-state index in [9.17, 15) is 0 Å². The second-order valence-corrected chi connectivity index (χ2v) is 4.79. The van der Waals surface area contributed by atoms with Gasteiger partial charge in [-0.1, -0.05) is 0 Å². The molecule has 1 unspecified atom stereocenters. The molecule has 7 heteroatoms. The van der Waals surface area contributed by atoms with Gasteiger partial charge in [0.1, 0.15) is 6.23 Å². The quantitative estimate of drug-likeness (QED) is 0.700. The Bertz CT molecular complexity index is 363. The molecule has 0 aliphatic carbocycles. The average Bonchev–Trinajstić information content (AvgIpc) is 1.96. The smallest absolute Gasteiger partial charge is 0.230 e. The lowest BCUT2D eigenvalue weighted by atomic mass is 10.1. The second kappa shape index (κ2) is 4.80. The summed E-state index contributed by atoms with van der Waals surface area (Å²) in [5.74, 6) is 0.609. The summed E-state index contributed by atoms with van der Waals surface area (Å²) < 4.78 is 0. The Labute approximate surface area is 99.5 Å². The summed E-state index contributed by atoms with van der Waals surface area (Å²) in [6.07, 6.45) is -0.749. The summed E-state index contributed by atoms with van der Waals surface area (Å²) in [6.45, 7) is 7.50. The molecule has 16 heavy (non-hydrogen) atoms. The molecule has 0 saturated carbocycles. The highest BCUT2D eigenvalue weighted by Gasteiger charge is 2.13. The molecule has 0 bridgehead atoms. The lowest BCUT2D eigenvalue weighted by Crippen LogP contribution is -2.28. The number of aromatic nitrogens is 3. The first-order chi connectivity index (χ1) is 7.26. The Kier molecular flexibility index (Phi) is 3.88. The number of nitrogens with one attached hydrogen (secondary N) is 2. The standard InChI is InChI=1S/C9H16ClN5O/c1-5(16)11-7-12-6(10)13-8(14-7)15-9(2,3)4/h5,16H,1-4H3,(H2,11,12,13,14,15). The molecule has 90 valence electrons. The third-order valence-electron chi connectivity index (χ3n) is 1.43. The van der Waals surface area contributed by atoms with E-state index in [1.165, 1.54) is 0 Å². The van der Waals surface area contributed by atoms with Gasteiger partial charge in [-0.2, -0.15) is 15.0 Å². The van der Waals surface area contributed by atoms with E-state index in [1.807, 2.05) is 20.8 Å². The van der Waals surface area contributed by atoms with Crippen molar-refractivity contribution in [2.24, 2.45) is 0 Å². The highest BCUT2D eigenvalue weighted by Crippen LogP contribution is 2.14. The molecule has 6 nitrogen and oxygen atoms in total. The Morgan fingerprint density at radius 2 is 1.75 bits per heavy atom. The van der Waals surface area contributed by atoms with Crippen LogP contribution in [0.15, 0.2) is 0 Å². The maximum atomic E-state index is 9.15. The van der Waals surface area contributed by atoms with Crippen LogP contribution in [-0.2, 0) is 0 Å². The number of halogens is 1. The minimum absolute atomic E-state index is 0.0740. The highest BCUT2D eigenvalue weighted by molar-refractivity contribution is 6.28. The molecule has 1 aromatic heterocycles. The van der Waals surface area contributed by atoms with Gasteiger partial charge in [0.25, 0.3) is 0 Å². The average molecular weight is 246 g/mol. The SMILES string of the molecule is CC(O)Nc1nc(Cl)nc(NC(C)(C)C)n1. The summed E-state index contributed by atoms with van der Waals surface area (Å²) >= 11 is 5.74. The summed E-state index contributed by atoms with van der Waals surface area (Å²) in [6, 6.07) is 0. The van der Waals surface area contributed by atoms with Gasteiger partial charge in [-0.15, -0.1) is 0 Å². The Hall–Kier alpha value is -1.14. The zero-order valence-electron chi connectivity index (χ0n) is 9.74. The summed E-state index contributed by atoms with van der Waals surface area (Å²) in [5, 5.41) is 14.9. The van der Waals surface area contributed by atoms with E-state index < -0.39 is 6.23 Å². The molecule has 0 radical (unpaired) electrons. The second-order valence-electron chi connectivity index (χ2n) is 4.45. The molecule has 0 aliphatic heterocycles. The molecule has 1 atom stereocenters. The molecule has 1 aromatic rings. The number of nitrogens with zero attached hydrogens (tertiary/aromatic N) is 3. The van der Waals surface area contributed by atoms with Crippen molar-refractivity contribution in [2.75, 3.05) is 10.6 Å². The van der Waals surface area contributed by atoms with E-state index in [2.05, 4.69) is 25.6 Å². The van der Waals surface area contributed by atoms with Crippen LogP contribution in [0.3, 0.4) is 0 Å². The Morgan fingerprint density at radius 1 is 1.19 bits per heavy atom. The van der Waals surface area contributed by atoms with Gasteiger partial charge in [-0.3, -0.25) is 0 Å². The van der Waals surface area contributed by atoms with Crippen LogP contribution in [0.1, 0.15) is 27.7 Å². The predicted octanol–water partition coefficient (Wildman–Crippen LogP) is 1.49. The van der Waals surface area contributed by atoms with Gasteiger partial charge in [-0.25, -0.2) is 0 Å². The lowest BCUT2D eigenvalue weighted by Gasteiger charge is -2.20. The number of hydrogen-bond donors (Lipinski definition) is 3. The predicted molar refractivity (Wildman–Crippen MR) is 63.5 cm³/mol. The molecule has 0 aromatic carbocycles. The normalized spacial score (nSPS) is 13.4. The number of aliphatic hydroxyl groups is 1. The van der Waals surface area contributed by atoms with Gasteiger partial charge in [0.15, 0.2) is 0 Å². The maximum absolute atomic E-state index is 9.15. The maximum Gasteiger partial charge on any atom is 0.230 e. The van der Waals surface area contributed by atoms with E-state index in [1.54, 1.807) is 6.92 Å². The molecule has 0 aliphatic rings. The van der Waals surface area contributed by atoms with Gasteiger partial charge >= 0.3 is 0 Å². The molecular formula is C9H16ClN5O. The minimum Gasteiger partial charge on any atom is -0.374 e.